The van der Waals surface area contributed by atoms with Crippen molar-refractivity contribution >= 4 is 0 Å². The van der Waals surface area contributed by atoms with Gasteiger partial charge in [-0.3, -0.25) is 0 Å². The lowest BCUT2D eigenvalue weighted by atomic mass is 9.42. The number of hydrogen-bond donors (Lipinski definition) is 0. The molecule has 60 heavy (non-hydrogen) atoms. The molecule has 0 N–H and O–H groups in total. The maximum Gasteiger partial charge on any atom is -0.0197 e. The maximum absolute atomic E-state index is 2.95. The second-order valence-electron chi connectivity index (χ2n) is 26.5. The first-order valence-electron chi connectivity index (χ1n) is 29.4. The molecular weight excluding hydrogens is 721 g/mol. The van der Waals surface area contributed by atoms with Gasteiger partial charge in [0.25, 0.3) is 0 Å². The number of fused-ring (bicyclic) bond motifs is 6. The number of hydrogen-bond acceptors (Lipinski definition) is 0. The van der Waals surface area contributed by atoms with Crippen LogP contribution in [0.3, 0.4) is 0 Å². The van der Waals surface area contributed by atoms with Gasteiger partial charge < -0.3 is 0 Å². The molecule has 0 saturated heterocycles. The minimum atomic E-state index is 0.932. The minimum absolute atomic E-state index is 0.932. The Balaban J connectivity index is 0.856. The van der Waals surface area contributed by atoms with Crippen LogP contribution in [-0.2, 0) is 0 Å². The van der Waals surface area contributed by atoms with E-state index < -0.39 is 0 Å². The summed E-state index contributed by atoms with van der Waals surface area (Å²) in [6.45, 7) is 0. The molecule has 0 aliphatic heterocycles. The Kier molecular flexibility index (Phi) is 12.5. The van der Waals surface area contributed by atoms with E-state index in [-0.39, 0.29) is 0 Å². The summed E-state index contributed by atoms with van der Waals surface area (Å²) in [5.74, 6) is 23.8. The highest BCUT2D eigenvalue weighted by atomic mass is 14.6. The first kappa shape index (κ1) is 41.2. The van der Waals surface area contributed by atoms with E-state index in [1.807, 2.05) is 0 Å². The summed E-state index contributed by atoms with van der Waals surface area (Å²) in [5.41, 5.74) is 0. The molecular formula is C60H96. The molecule has 0 bridgehead atoms. The van der Waals surface area contributed by atoms with Gasteiger partial charge in [-0.25, -0.2) is 0 Å². The lowest BCUT2D eigenvalue weighted by Crippen LogP contribution is -2.56. The fourth-order valence-corrected chi connectivity index (χ4v) is 22.6. The molecule has 0 aromatic heterocycles. The molecule has 11 saturated carbocycles. The van der Waals surface area contributed by atoms with Crippen LogP contribution in [0.2, 0.25) is 0 Å². The van der Waals surface area contributed by atoms with E-state index in [1.54, 1.807) is 212 Å². The first-order valence-corrected chi connectivity index (χ1v) is 29.4. The van der Waals surface area contributed by atoms with E-state index in [0.29, 0.717) is 0 Å². The van der Waals surface area contributed by atoms with E-state index in [9.17, 15) is 0 Å². The largest absolute Gasteiger partial charge is 0.0849 e. The van der Waals surface area contributed by atoms with E-state index in [1.165, 1.54) is 19.3 Å². The molecule has 0 heteroatoms. The van der Waals surface area contributed by atoms with Crippen molar-refractivity contribution in [3.8, 4) is 0 Å². The predicted molar refractivity (Wildman–Crippen MR) is 252 cm³/mol. The first-order chi connectivity index (χ1) is 29.8. The molecule has 12 rings (SSSR count). The van der Waals surface area contributed by atoms with Crippen LogP contribution in [0.4, 0.5) is 0 Å². The molecule has 20 unspecified atom stereocenters. The van der Waals surface area contributed by atoms with E-state index in [2.05, 4.69) is 12.2 Å². The van der Waals surface area contributed by atoms with Crippen molar-refractivity contribution in [2.24, 2.45) is 130 Å². The fourth-order valence-electron chi connectivity index (χ4n) is 22.6. The van der Waals surface area contributed by atoms with Crippen molar-refractivity contribution < 1.29 is 0 Å². The second-order valence-corrected chi connectivity index (χ2v) is 26.5. The zero-order valence-corrected chi connectivity index (χ0v) is 39.3. The summed E-state index contributed by atoms with van der Waals surface area (Å²) in [6, 6.07) is 0. The highest BCUT2D eigenvalue weighted by Crippen LogP contribution is 2.67. The molecule has 0 heterocycles. The Morgan fingerprint density at radius 1 is 0.183 bits per heavy atom. The van der Waals surface area contributed by atoms with Crippen molar-refractivity contribution in [2.45, 2.75) is 231 Å². The number of allylic oxidation sites excluding steroid dienone is 2. The molecule has 20 atom stereocenters. The molecule has 12 aliphatic carbocycles. The van der Waals surface area contributed by atoms with Crippen molar-refractivity contribution in [1.82, 2.24) is 0 Å². The van der Waals surface area contributed by atoms with Crippen LogP contribution in [0.15, 0.2) is 12.2 Å². The van der Waals surface area contributed by atoms with Crippen LogP contribution in [-0.4, -0.2) is 0 Å². The van der Waals surface area contributed by atoms with Gasteiger partial charge in [0.05, 0.1) is 0 Å². The van der Waals surface area contributed by atoms with E-state index >= 15 is 0 Å². The van der Waals surface area contributed by atoms with Crippen LogP contribution in [0.1, 0.15) is 231 Å². The van der Waals surface area contributed by atoms with Crippen LogP contribution in [0.5, 0.6) is 0 Å². The molecule has 12 aliphatic rings. The highest BCUT2D eigenvalue weighted by molar-refractivity contribution is 5.12. The molecule has 11 fully saturated rings. The Morgan fingerprint density at radius 2 is 0.550 bits per heavy atom. The van der Waals surface area contributed by atoms with Gasteiger partial charge in [0, 0.05) is 0 Å². The van der Waals surface area contributed by atoms with Crippen LogP contribution in [0, 0.1) is 130 Å². The summed E-state index contributed by atoms with van der Waals surface area (Å²) in [5, 5.41) is 0. The van der Waals surface area contributed by atoms with Gasteiger partial charge in [0.1, 0.15) is 0 Å². The summed E-state index contributed by atoms with van der Waals surface area (Å²) in [6.07, 6.45) is 63.5. The minimum Gasteiger partial charge on any atom is -0.0849 e. The Hall–Kier alpha value is -0.260. The lowest BCUT2D eigenvalue weighted by molar-refractivity contribution is -0.140. The average Bonchev–Trinajstić information content (AvgIpc) is 3.32. The molecule has 0 amide bonds. The molecule has 0 spiro atoms. The van der Waals surface area contributed by atoms with Crippen LogP contribution < -0.4 is 0 Å². The summed E-state index contributed by atoms with van der Waals surface area (Å²) < 4.78 is 0. The quantitative estimate of drug-likeness (QED) is 0.243. The molecule has 0 aromatic rings. The van der Waals surface area contributed by atoms with Crippen molar-refractivity contribution in [2.75, 3.05) is 0 Å². The molecule has 0 aromatic carbocycles. The Bertz CT molecular complexity index is 1430. The predicted octanol–water partition coefficient (Wildman–Crippen LogP) is 17.3. The van der Waals surface area contributed by atoms with Crippen LogP contribution in [0.25, 0.3) is 0 Å². The van der Waals surface area contributed by atoms with Gasteiger partial charge in [-0.15, -0.1) is 0 Å². The third-order valence-corrected chi connectivity index (χ3v) is 24.5. The summed E-state index contributed by atoms with van der Waals surface area (Å²) in [7, 11) is 0. The van der Waals surface area contributed by atoms with Gasteiger partial charge in [-0.2, -0.15) is 0 Å². The molecule has 0 radical (unpaired) electrons. The maximum atomic E-state index is 2.95. The van der Waals surface area contributed by atoms with Crippen molar-refractivity contribution in [3.63, 3.8) is 0 Å². The normalized spacial score (nSPS) is 52.7. The topological polar surface area (TPSA) is 0 Å². The number of rotatable bonds is 5. The molecule has 0 nitrogen and oxygen atoms in total. The zero-order chi connectivity index (χ0) is 39.6. The standard InChI is InChI=1S/C60H96/c1-3-17-41(18-4-1)57-49-23-11-13-25-51(49)59(47-29-27-39-15-7-9-21-43(39)35-47)55-37-45(31-33-53(55)57)46-32-34-54-56(38-46)60(48-30-28-40-16-8-10-22-44(40)36-48)52-26-14-12-24-50(52)58(54)42-19-5-2-6-20-42/h27,29,39-60H,1-26,28,30-38H2. The van der Waals surface area contributed by atoms with Gasteiger partial charge >= 0.3 is 0 Å². The van der Waals surface area contributed by atoms with Crippen molar-refractivity contribution in [3.05, 3.63) is 12.2 Å². The molecule has 336 valence electrons. The Labute approximate surface area is 372 Å². The van der Waals surface area contributed by atoms with E-state index in [4.69, 9.17) is 0 Å². The van der Waals surface area contributed by atoms with Gasteiger partial charge in [-0.05, 0) is 233 Å². The lowest BCUT2D eigenvalue weighted by Gasteiger charge is -2.63. The average molecular weight is 817 g/mol. The summed E-state index contributed by atoms with van der Waals surface area (Å²) >= 11 is 0. The van der Waals surface area contributed by atoms with Gasteiger partial charge in [0.15, 0.2) is 0 Å². The zero-order valence-electron chi connectivity index (χ0n) is 39.3. The second kappa shape index (κ2) is 18.2. The monoisotopic (exact) mass is 817 g/mol. The van der Waals surface area contributed by atoms with Gasteiger partial charge in [0.2, 0.25) is 0 Å². The third kappa shape index (κ3) is 7.66. The van der Waals surface area contributed by atoms with Crippen LogP contribution >= 0.6 is 0 Å². The summed E-state index contributed by atoms with van der Waals surface area (Å²) in [4.78, 5) is 0. The third-order valence-electron chi connectivity index (χ3n) is 24.5. The van der Waals surface area contributed by atoms with Crippen molar-refractivity contribution in [1.29, 1.82) is 0 Å². The highest BCUT2D eigenvalue weighted by Gasteiger charge is 2.59. The van der Waals surface area contributed by atoms with Gasteiger partial charge in [-0.1, -0.05) is 141 Å². The smallest absolute Gasteiger partial charge is 0.0197 e. The van der Waals surface area contributed by atoms with E-state index in [0.717, 1.165) is 130 Å². The Morgan fingerprint density at radius 3 is 1.15 bits per heavy atom. The fraction of sp³-hybridized carbons (Fsp3) is 0.967. The SMILES string of the molecule is C1=CC(C2C3CCCCC3C(C3CCCCC3)C3CCC(C4CCC5C(C4)C(C4CCC6CCCCC6C4)C4CCCCC4C5C4CCCCC4)CC32)CC2CCCCC12.